The molecule has 0 aliphatic heterocycles. The first-order valence-corrected chi connectivity index (χ1v) is 2.95. The van der Waals surface area contributed by atoms with Crippen molar-refractivity contribution in [1.82, 2.24) is 0 Å². The summed E-state index contributed by atoms with van der Waals surface area (Å²) >= 11 is 0. The van der Waals surface area contributed by atoms with Gasteiger partial charge in [0, 0.05) is 6.07 Å². The summed E-state index contributed by atoms with van der Waals surface area (Å²) in [6.07, 6.45) is 0. The van der Waals surface area contributed by atoms with E-state index in [1.165, 1.54) is 12.1 Å². The molecule has 0 aliphatic carbocycles. The highest BCUT2D eigenvalue weighted by molar-refractivity contribution is 5.74. The molecule has 5 nitrogen and oxygen atoms in total. The number of carboxylic acids is 1. The minimum atomic E-state index is -1.14. The van der Waals surface area contributed by atoms with E-state index < -0.39 is 12.0 Å². The summed E-state index contributed by atoms with van der Waals surface area (Å²) in [6, 6.07) is 1.76. The van der Waals surface area contributed by atoms with Gasteiger partial charge in [0.2, 0.25) is 0 Å². The van der Waals surface area contributed by atoms with Gasteiger partial charge in [-0.25, -0.2) is 0 Å². The zero-order chi connectivity index (χ0) is 8.43. The van der Waals surface area contributed by atoms with Crippen LogP contribution in [0.1, 0.15) is 11.8 Å². The third-order valence-electron chi connectivity index (χ3n) is 1.22. The molecule has 60 valence electrons. The van der Waals surface area contributed by atoms with E-state index in [1.54, 1.807) is 0 Å². The molecule has 1 aromatic rings. The lowest BCUT2D eigenvalue weighted by Crippen LogP contribution is -2.19. The Hall–Kier alpha value is -1.49. The first-order chi connectivity index (χ1) is 5.11. The quantitative estimate of drug-likeness (QED) is 0.556. The van der Waals surface area contributed by atoms with Crippen molar-refractivity contribution in [3.8, 4) is 0 Å². The number of anilines is 1. The van der Waals surface area contributed by atoms with Crippen LogP contribution in [0.2, 0.25) is 0 Å². The highest BCUT2D eigenvalue weighted by atomic mass is 16.4. The Balaban J connectivity index is 2.84. The maximum Gasteiger partial charge on any atom is 0.328 e. The molecule has 0 amide bonds. The highest BCUT2D eigenvalue weighted by Gasteiger charge is 2.17. The number of furan rings is 1. The molecule has 0 saturated carbocycles. The maximum absolute atomic E-state index is 10.3. The van der Waals surface area contributed by atoms with E-state index in [9.17, 15) is 4.79 Å². The van der Waals surface area contributed by atoms with E-state index >= 15 is 0 Å². The molecule has 5 N–H and O–H groups in total. The van der Waals surface area contributed by atoms with Crippen molar-refractivity contribution in [1.29, 1.82) is 0 Å². The van der Waals surface area contributed by atoms with Crippen molar-refractivity contribution in [2.45, 2.75) is 6.04 Å². The van der Waals surface area contributed by atoms with Crippen LogP contribution in [-0.2, 0) is 4.79 Å². The number of nitrogen functional groups attached to an aromatic ring is 1. The van der Waals surface area contributed by atoms with Gasteiger partial charge in [-0.05, 0) is 6.07 Å². The monoisotopic (exact) mass is 156 g/mol. The molecule has 0 saturated heterocycles. The van der Waals surface area contributed by atoms with Crippen LogP contribution in [0.15, 0.2) is 16.5 Å². The summed E-state index contributed by atoms with van der Waals surface area (Å²) in [5.74, 6) is -0.814. The number of nitrogens with two attached hydrogens (primary N) is 2. The van der Waals surface area contributed by atoms with Crippen LogP contribution in [0.4, 0.5) is 5.88 Å². The van der Waals surface area contributed by atoms with Gasteiger partial charge in [-0.3, -0.25) is 4.79 Å². The third-order valence-corrected chi connectivity index (χ3v) is 1.22. The van der Waals surface area contributed by atoms with Gasteiger partial charge in [0.25, 0.3) is 0 Å². The van der Waals surface area contributed by atoms with Crippen molar-refractivity contribution in [3.05, 3.63) is 17.9 Å². The number of rotatable bonds is 2. The Morgan fingerprint density at radius 2 is 2.27 bits per heavy atom. The van der Waals surface area contributed by atoms with Crippen LogP contribution in [0, 0.1) is 0 Å². The van der Waals surface area contributed by atoms with Crippen LogP contribution in [0.5, 0.6) is 0 Å². The molecule has 1 rings (SSSR count). The van der Waals surface area contributed by atoms with Gasteiger partial charge < -0.3 is 21.0 Å². The maximum atomic E-state index is 10.3. The first kappa shape index (κ1) is 7.62. The molecular weight excluding hydrogens is 148 g/mol. The summed E-state index contributed by atoms with van der Waals surface area (Å²) in [6.45, 7) is 0. The number of aliphatic carboxylic acids is 1. The fraction of sp³-hybridized carbons (Fsp3) is 0.167. The molecule has 1 heterocycles. The molecule has 0 fully saturated rings. The smallest absolute Gasteiger partial charge is 0.328 e. The van der Waals surface area contributed by atoms with Crippen LogP contribution in [0.25, 0.3) is 0 Å². The van der Waals surface area contributed by atoms with Gasteiger partial charge >= 0.3 is 5.97 Å². The fourth-order valence-corrected chi connectivity index (χ4v) is 0.657. The Morgan fingerprint density at radius 3 is 2.64 bits per heavy atom. The molecule has 0 spiro atoms. The molecule has 5 heteroatoms. The first-order valence-electron chi connectivity index (χ1n) is 2.95. The average Bonchev–Trinajstić information content (AvgIpc) is 2.34. The molecular formula is C6H8N2O3. The van der Waals surface area contributed by atoms with E-state index in [0.717, 1.165) is 0 Å². The highest BCUT2D eigenvalue weighted by Crippen LogP contribution is 2.15. The van der Waals surface area contributed by atoms with Crippen molar-refractivity contribution >= 4 is 11.9 Å². The average molecular weight is 156 g/mol. The topological polar surface area (TPSA) is 102 Å². The Labute approximate surface area is 62.6 Å². The lowest BCUT2D eigenvalue weighted by Gasteiger charge is -1.99. The Bertz CT molecular complexity index is 269. The summed E-state index contributed by atoms with van der Waals surface area (Å²) in [5, 5.41) is 8.42. The van der Waals surface area contributed by atoms with Gasteiger partial charge in [-0.15, -0.1) is 0 Å². The Morgan fingerprint density at radius 1 is 1.64 bits per heavy atom. The molecule has 0 bridgehead atoms. The van der Waals surface area contributed by atoms with Gasteiger partial charge in [-0.1, -0.05) is 0 Å². The van der Waals surface area contributed by atoms with Crippen molar-refractivity contribution in [3.63, 3.8) is 0 Å². The summed E-state index contributed by atoms with van der Waals surface area (Å²) < 4.78 is 4.78. The molecule has 1 unspecified atom stereocenters. The predicted molar refractivity (Wildman–Crippen MR) is 37.7 cm³/mol. The van der Waals surface area contributed by atoms with Crippen LogP contribution in [0.3, 0.4) is 0 Å². The van der Waals surface area contributed by atoms with Crippen LogP contribution < -0.4 is 11.5 Å². The van der Waals surface area contributed by atoms with Gasteiger partial charge in [-0.2, -0.15) is 0 Å². The normalized spacial score (nSPS) is 12.8. The van der Waals surface area contributed by atoms with E-state index in [-0.39, 0.29) is 11.6 Å². The second-order valence-corrected chi connectivity index (χ2v) is 2.06. The molecule has 11 heavy (non-hydrogen) atoms. The minimum absolute atomic E-state index is 0.162. The largest absolute Gasteiger partial charge is 0.480 e. The molecule has 1 aromatic heterocycles. The van der Waals surface area contributed by atoms with Crippen molar-refractivity contribution in [2.75, 3.05) is 5.73 Å². The van der Waals surface area contributed by atoms with Gasteiger partial charge in [0.05, 0.1) is 0 Å². The summed E-state index contributed by atoms with van der Waals surface area (Å²) in [7, 11) is 0. The zero-order valence-corrected chi connectivity index (χ0v) is 5.65. The van der Waals surface area contributed by atoms with E-state index in [4.69, 9.17) is 21.0 Å². The molecule has 0 aliphatic rings. The SMILES string of the molecule is Nc1ccc(C(N)C(=O)O)o1. The lowest BCUT2D eigenvalue weighted by atomic mass is 10.2. The molecule has 1 atom stereocenters. The standard InChI is InChI=1S/C6H8N2O3/c7-4-2-1-3(11-4)5(8)6(9)10/h1-2,5H,7-8H2,(H,9,10). The van der Waals surface area contributed by atoms with E-state index in [0.29, 0.717) is 0 Å². The van der Waals surface area contributed by atoms with E-state index in [1.807, 2.05) is 0 Å². The van der Waals surface area contributed by atoms with Crippen LogP contribution >= 0.6 is 0 Å². The van der Waals surface area contributed by atoms with Gasteiger partial charge in [0.15, 0.2) is 11.9 Å². The Kier molecular flexibility index (Phi) is 1.82. The number of hydrogen-bond donors (Lipinski definition) is 3. The molecule has 0 radical (unpaired) electrons. The van der Waals surface area contributed by atoms with Crippen molar-refractivity contribution < 1.29 is 14.3 Å². The second kappa shape index (κ2) is 2.63. The number of carbonyl (C=O) groups is 1. The summed E-state index contributed by atoms with van der Waals surface area (Å²) in [5.41, 5.74) is 10.4. The van der Waals surface area contributed by atoms with Gasteiger partial charge in [0.1, 0.15) is 5.76 Å². The number of carboxylic acid groups (broad SMARTS) is 1. The summed E-state index contributed by atoms with van der Waals surface area (Å²) in [4.78, 5) is 10.3. The molecule has 0 aromatic carbocycles. The lowest BCUT2D eigenvalue weighted by molar-refractivity contribution is -0.139. The van der Waals surface area contributed by atoms with Crippen LogP contribution in [-0.4, -0.2) is 11.1 Å². The number of hydrogen-bond acceptors (Lipinski definition) is 4. The second-order valence-electron chi connectivity index (χ2n) is 2.06. The predicted octanol–water partition coefficient (Wildman–Crippen LogP) is -0.0538. The third kappa shape index (κ3) is 1.50. The minimum Gasteiger partial charge on any atom is -0.480 e. The van der Waals surface area contributed by atoms with E-state index in [2.05, 4.69) is 0 Å². The zero-order valence-electron chi connectivity index (χ0n) is 5.65. The van der Waals surface area contributed by atoms with Crippen molar-refractivity contribution in [2.24, 2.45) is 5.73 Å². The fourth-order valence-electron chi connectivity index (χ4n) is 0.657.